The smallest absolute Gasteiger partial charge is 0.291 e. The second kappa shape index (κ2) is 8.00. The fraction of sp³-hybridized carbons (Fsp3) is 0.250. The van der Waals surface area contributed by atoms with Gasteiger partial charge in [0, 0.05) is 12.5 Å². The fourth-order valence-electron chi connectivity index (χ4n) is 3.34. The van der Waals surface area contributed by atoms with Crippen molar-refractivity contribution in [3.05, 3.63) is 50.8 Å². The van der Waals surface area contributed by atoms with Crippen LogP contribution in [0.15, 0.2) is 34.4 Å². The zero-order valence-electron chi connectivity index (χ0n) is 16.6. The molecular weight excluding hydrogens is 428 g/mol. The van der Waals surface area contributed by atoms with Crippen LogP contribution in [0.4, 0.5) is 5.69 Å². The van der Waals surface area contributed by atoms with Gasteiger partial charge in [-0.3, -0.25) is 14.0 Å². The minimum absolute atomic E-state index is 0.242. The molecular formula is C20H19ClN4O4S. The maximum Gasteiger partial charge on any atom is 0.291 e. The highest BCUT2D eigenvalue weighted by molar-refractivity contribution is 7.17. The van der Waals surface area contributed by atoms with E-state index in [9.17, 15) is 9.59 Å². The average Bonchev–Trinajstić information content (AvgIpc) is 3.32. The lowest BCUT2D eigenvalue weighted by Crippen LogP contribution is -2.32. The van der Waals surface area contributed by atoms with Crippen molar-refractivity contribution in [3.8, 4) is 11.5 Å². The molecule has 0 saturated carbocycles. The summed E-state index contributed by atoms with van der Waals surface area (Å²) < 4.78 is 14.5. The Morgan fingerprint density at radius 2 is 1.97 bits per heavy atom. The van der Waals surface area contributed by atoms with Gasteiger partial charge in [-0.2, -0.15) is 5.10 Å². The first-order valence-corrected chi connectivity index (χ1v) is 10.4. The molecule has 30 heavy (non-hydrogen) atoms. The maximum atomic E-state index is 13.0. The molecule has 8 nitrogen and oxygen atoms in total. The van der Waals surface area contributed by atoms with E-state index in [1.54, 1.807) is 17.4 Å². The summed E-state index contributed by atoms with van der Waals surface area (Å²) in [7, 11) is 2.97. The maximum absolute atomic E-state index is 13.0. The number of benzene rings is 1. The van der Waals surface area contributed by atoms with Gasteiger partial charge in [-0.05, 0) is 23.6 Å². The Morgan fingerprint density at radius 1 is 1.20 bits per heavy atom. The van der Waals surface area contributed by atoms with E-state index in [0.29, 0.717) is 40.0 Å². The van der Waals surface area contributed by atoms with Gasteiger partial charge in [0.05, 0.1) is 35.1 Å². The second-order valence-electron chi connectivity index (χ2n) is 6.50. The topological polar surface area (TPSA) is 86.9 Å². The number of hydrogen-bond donors (Lipinski definition) is 1. The van der Waals surface area contributed by atoms with Gasteiger partial charge in [0.25, 0.3) is 5.56 Å². The summed E-state index contributed by atoms with van der Waals surface area (Å²) in [5, 5.41) is 9.45. The number of nitrogens with one attached hydrogen (secondary N) is 1. The van der Waals surface area contributed by atoms with E-state index in [1.807, 2.05) is 28.8 Å². The number of anilines is 1. The number of fused-ring (bicyclic) bond motifs is 3. The molecule has 1 N–H and O–H groups in total. The molecule has 10 heteroatoms. The van der Waals surface area contributed by atoms with Crippen LogP contribution in [0.5, 0.6) is 11.5 Å². The first kappa shape index (κ1) is 20.2. The minimum Gasteiger partial charge on any atom is -0.495 e. The normalized spacial score (nSPS) is 11.2. The summed E-state index contributed by atoms with van der Waals surface area (Å²) in [4.78, 5) is 25.6. The molecule has 0 radical (unpaired) electrons. The van der Waals surface area contributed by atoms with Gasteiger partial charge in [-0.25, -0.2) is 4.68 Å². The zero-order valence-corrected chi connectivity index (χ0v) is 18.1. The molecule has 0 aliphatic carbocycles. The number of rotatable bonds is 6. The molecule has 3 aromatic heterocycles. The van der Waals surface area contributed by atoms with E-state index in [0.717, 1.165) is 10.2 Å². The number of aromatic nitrogens is 3. The molecule has 0 unspecified atom stereocenters. The Labute approximate surface area is 180 Å². The van der Waals surface area contributed by atoms with E-state index in [2.05, 4.69) is 10.4 Å². The van der Waals surface area contributed by atoms with Gasteiger partial charge in [-0.1, -0.05) is 18.5 Å². The Morgan fingerprint density at radius 3 is 2.67 bits per heavy atom. The number of aryl methyl sites for hydroxylation is 1. The predicted molar refractivity (Wildman–Crippen MR) is 117 cm³/mol. The highest BCUT2D eigenvalue weighted by Crippen LogP contribution is 2.35. The van der Waals surface area contributed by atoms with Crippen molar-refractivity contribution >= 4 is 50.3 Å². The number of nitrogens with zero attached hydrogens (tertiary/aromatic N) is 3. The molecule has 0 atom stereocenters. The molecule has 4 aromatic rings. The quantitative estimate of drug-likeness (QED) is 0.489. The molecule has 0 bridgehead atoms. The second-order valence-corrected chi connectivity index (χ2v) is 7.86. The molecule has 0 aliphatic heterocycles. The lowest BCUT2D eigenvalue weighted by Gasteiger charge is -2.14. The number of methoxy groups -OCH3 is 2. The zero-order chi connectivity index (χ0) is 21.4. The van der Waals surface area contributed by atoms with Crippen LogP contribution in [0, 0.1) is 0 Å². The van der Waals surface area contributed by atoms with Gasteiger partial charge in [-0.15, -0.1) is 11.3 Å². The third-order valence-corrected chi connectivity index (χ3v) is 5.88. The Bertz CT molecular complexity index is 1320. The number of amides is 1. The first-order valence-electron chi connectivity index (χ1n) is 9.16. The van der Waals surface area contributed by atoms with E-state index < -0.39 is 5.91 Å². The largest absolute Gasteiger partial charge is 0.495 e. The number of thiophene rings is 1. The molecule has 0 fully saturated rings. The van der Waals surface area contributed by atoms with E-state index in [1.165, 1.54) is 25.0 Å². The molecule has 0 spiro atoms. The predicted octanol–water partition coefficient (Wildman–Crippen LogP) is 3.58. The SMILES string of the molecule is CCc1nn(CC(=O)Nc2cc(Cl)c(OC)cc2OC)c(=O)c2cc3sccc3n12. The minimum atomic E-state index is -0.427. The molecule has 156 valence electrons. The fourth-order valence-corrected chi connectivity index (χ4v) is 4.39. The van der Waals surface area contributed by atoms with Crippen molar-refractivity contribution in [1.82, 2.24) is 14.2 Å². The van der Waals surface area contributed by atoms with Gasteiger partial charge >= 0.3 is 0 Å². The van der Waals surface area contributed by atoms with Crippen LogP contribution >= 0.6 is 22.9 Å². The third kappa shape index (κ3) is 3.40. The molecule has 1 amide bonds. The van der Waals surface area contributed by atoms with E-state index >= 15 is 0 Å². The van der Waals surface area contributed by atoms with Crippen molar-refractivity contribution in [2.75, 3.05) is 19.5 Å². The van der Waals surface area contributed by atoms with Gasteiger partial charge in [0.2, 0.25) is 5.91 Å². The standard InChI is InChI=1S/C20H19ClN4O4S/c1-4-18-23-24(20(27)14-8-17-13(25(14)18)5-6-30-17)10-19(26)22-12-7-11(21)15(28-2)9-16(12)29-3/h5-9H,4,10H2,1-3H3,(H,22,26). The highest BCUT2D eigenvalue weighted by Gasteiger charge is 2.17. The summed E-state index contributed by atoms with van der Waals surface area (Å²) in [6.07, 6.45) is 0.611. The van der Waals surface area contributed by atoms with Crippen LogP contribution in [0.3, 0.4) is 0 Å². The van der Waals surface area contributed by atoms with Crippen molar-refractivity contribution in [2.24, 2.45) is 0 Å². The average molecular weight is 447 g/mol. The number of carbonyl (C=O) groups is 1. The molecule has 0 aliphatic rings. The number of hydrogen-bond acceptors (Lipinski definition) is 6. The van der Waals surface area contributed by atoms with Crippen molar-refractivity contribution in [1.29, 1.82) is 0 Å². The van der Waals surface area contributed by atoms with Gasteiger partial charge in [0.15, 0.2) is 0 Å². The summed E-state index contributed by atoms with van der Waals surface area (Å²) in [6.45, 7) is 1.72. The summed E-state index contributed by atoms with van der Waals surface area (Å²) in [6, 6.07) is 6.92. The molecule has 4 rings (SSSR count). The molecule has 3 heterocycles. The van der Waals surface area contributed by atoms with Gasteiger partial charge in [0.1, 0.15) is 29.4 Å². The van der Waals surface area contributed by atoms with Gasteiger partial charge < -0.3 is 14.8 Å². The number of ether oxygens (including phenoxy) is 2. The summed E-state index contributed by atoms with van der Waals surface area (Å²) in [5.41, 5.74) is 1.50. The highest BCUT2D eigenvalue weighted by atomic mass is 35.5. The monoisotopic (exact) mass is 446 g/mol. The van der Waals surface area contributed by atoms with Crippen LogP contribution < -0.4 is 20.3 Å². The lowest BCUT2D eigenvalue weighted by molar-refractivity contribution is -0.117. The van der Waals surface area contributed by atoms with Crippen molar-refractivity contribution in [2.45, 2.75) is 19.9 Å². The Hall–Kier alpha value is -3.04. The van der Waals surface area contributed by atoms with E-state index in [4.69, 9.17) is 21.1 Å². The lowest BCUT2D eigenvalue weighted by atomic mass is 10.2. The third-order valence-electron chi connectivity index (χ3n) is 4.73. The van der Waals surface area contributed by atoms with Crippen LogP contribution in [-0.2, 0) is 17.8 Å². The van der Waals surface area contributed by atoms with Crippen LogP contribution in [0.1, 0.15) is 12.7 Å². The summed E-state index contributed by atoms with van der Waals surface area (Å²) in [5.74, 6) is 1.09. The van der Waals surface area contributed by atoms with Crippen molar-refractivity contribution in [3.63, 3.8) is 0 Å². The van der Waals surface area contributed by atoms with Crippen LogP contribution in [0.2, 0.25) is 5.02 Å². The Kier molecular flexibility index (Phi) is 5.40. The van der Waals surface area contributed by atoms with Crippen molar-refractivity contribution < 1.29 is 14.3 Å². The molecule has 0 saturated heterocycles. The first-order chi connectivity index (χ1) is 14.5. The Balaban J connectivity index is 1.68. The summed E-state index contributed by atoms with van der Waals surface area (Å²) >= 11 is 7.72. The van der Waals surface area contributed by atoms with E-state index in [-0.39, 0.29) is 12.1 Å². The van der Waals surface area contributed by atoms with Crippen LogP contribution in [0.25, 0.3) is 15.7 Å². The van der Waals surface area contributed by atoms with Crippen LogP contribution in [-0.4, -0.2) is 34.3 Å². The number of carbonyl (C=O) groups excluding carboxylic acids is 1. The number of halogens is 1. The molecule has 1 aromatic carbocycles.